The summed E-state index contributed by atoms with van der Waals surface area (Å²) in [7, 11) is 3.78. The molecular weight excluding hydrogens is 287 g/mol. The van der Waals surface area contributed by atoms with Crippen LogP contribution in [0.4, 0.5) is 4.39 Å². The van der Waals surface area contributed by atoms with E-state index in [0.717, 1.165) is 0 Å². The largest absolute Gasteiger partial charge is 0.483 e. The standard InChI is InChI=1S/C15H19FN4O2/c1-19(7-11-3-4-17-6-13(11)16)14-9-21-10-15(14)22-12-5-18-20(2)8-12/h3-6,8,14-15H,7,9-10H2,1-2H3/t14-,15+/m0/s1. The molecule has 1 saturated heterocycles. The summed E-state index contributed by atoms with van der Waals surface area (Å²) < 4.78 is 26.9. The average Bonchev–Trinajstić information content (AvgIpc) is 3.11. The SMILES string of the molecule is CN(Cc1ccncc1F)[C@H]1COC[C@H]1Oc1cnn(C)c1. The van der Waals surface area contributed by atoms with Gasteiger partial charge in [-0.2, -0.15) is 5.10 Å². The molecule has 6 nitrogen and oxygen atoms in total. The maximum absolute atomic E-state index is 13.7. The molecule has 118 valence electrons. The third-order valence-electron chi connectivity index (χ3n) is 3.81. The fourth-order valence-corrected chi connectivity index (χ4v) is 2.60. The Morgan fingerprint density at radius 1 is 1.45 bits per heavy atom. The topological polar surface area (TPSA) is 52.4 Å². The van der Waals surface area contributed by atoms with Crippen molar-refractivity contribution in [1.82, 2.24) is 19.7 Å². The monoisotopic (exact) mass is 306 g/mol. The summed E-state index contributed by atoms with van der Waals surface area (Å²) in [6.07, 6.45) is 6.23. The van der Waals surface area contributed by atoms with E-state index < -0.39 is 0 Å². The quantitative estimate of drug-likeness (QED) is 0.832. The zero-order chi connectivity index (χ0) is 15.5. The number of ether oxygens (including phenoxy) is 2. The summed E-state index contributed by atoms with van der Waals surface area (Å²) in [5, 5.41) is 4.09. The van der Waals surface area contributed by atoms with Gasteiger partial charge in [-0.3, -0.25) is 14.6 Å². The maximum atomic E-state index is 13.7. The third-order valence-corrected chi connectivity index (χ3v) is 3.81. The molecule has 7 heteroatoms. The Hall–Kier alpha value is -1.99. The Balaban J connectivity index is 1.66. The van der Waals surface area contributed by atoms with E-state index in [1.165, 1.54) is 6.20 Å². The summed E-state index contributed by atoms with van der Waals surface area (Å²) in [6, 6.07) is 1.76. The zero-order valence-corrected chi connectivity index (χ0v) is 12.6. The second-order valence-electron chi connectivity index (χ2n) is 5.49. The molecule has 0 N–H and O–H groups in total. The van der Waals surface area contributed by atoms with Gasteiger partial charge in [-0.05, 0) is 13.1 Å². The normalized spacial score (nSPS) is 21.5. The van der Waals surface area contributed by atoms with Crippen LogP contribution in [0.15, 0.2) is 30.9 Å². The van der Waals surface area contributed by atoms with Gasteiger partial charge in [0.25, 0.3) is 0 Å². The minimum absolute atomic E-state index is 0.0628. The minimum atomic E-state index is -0.294. The van der Waals surface area contributed by atoms with E-state index in [0.29, 0.717) is 31.1 Å². The van der Waals surface area contributed by atoms with Crippen molar-refractivity contribution in [3.05, 3.63) is 42.2 Å². The predicted octanol–water partition coefficient (Wildman–Crippen LogP) is 1.23. The number of rotatable bonds is 5. The molecule has 2 atom stereocenters. The number of aromatic nitrogens is 3. The van der Waals surface area contributed by atoms with Crippen molar-refractivity contribution in [1.29, 1.82) is 0 Å². The lowest BCUT2D eigenvalue weighted by Gasteiger charge is -2.28. The van der Waals surface area contributed by atoms with Crippen molar-refractivity contribution < 1.29 is 13.9 Å². The molecule has 2 aromatic heterocycles. The highest BCUT2D eigenvalue weighted by Gasteiger charge is 2.33. The Kier molecular flexibility index (Phi) is 4.35. The third kappa shape index (κ3) is 3.26. The molecule has 0 aromatic carbocycles. The van der Waals surface area contributed by atoms with Crippen LogP contribution < -0.4 is 4.74 Å². The van der Waals surface area contributed by atoms with Gasteiger partial charge in [0.15, 0.2) is 5.75 Å². The lowest BCUT2D eigenvalue weighted by molar-refractivity contribution is 0.112. The molecule has 1 aliphatic heterocycles. The molecule has 0 bridgehead atoms. The van der Waals surface area contributed by atoms with Gasteiger partial charge in [-0.1, -0.05) is 0 Å². The first-order valence-corrected chi connectivity index (χ1v) is 7.15. The number of aryl methyl sites for hydroxylation is 1. The molecule has 0 spiro atoms. The smallest absolute Gasteiger partial charge is 0.157 e. The minimum Gasteiger partial charge on any atom is -0.483 e. The van der Waals surface area contributed by atoms with Crippen LogP contribution in [-0.2, 0) is 18.3 Å². The van der Waals surface area contributed by atoms with E-state index in [1.54, 1.807) is 23.1 Å². The van der Waals surface area contributed by atoms with Crippen molar-refractivity contribution in [2.75, 3.05) is 20.3 Å². The Morgan fingerprint density at radius 3 is 3.05 bits per heavy atom. The lowest BCUT2D eigenvalue weighted by atomic mass is 10.1. The van der Waals surface area contributed by atoms with Gasteiger partial charge >= 0.3 is 0 Å². The van der Waals surface area contributed by atoms with Gasteiger partial charge in [0.05, 0.1) is 37.8 Å². The van der Waals surface area contributed by atoms with E-state index in [-0.39, 0.29) is 18.0 Å². The van der Waals surface area contributed by atoms with Crippen LogP contribution in [0.1, 0.15) is 5.56 Å². The fraction of sp³-hybridized carbons (Fsp3) is 0.467. The number of nitrogens with zero attached hydrogens (tertiary/aromatic N) is 4. The van der Waals surface area contributed by atoms with E-state index in [4.69, 9.17) is 9.47 Å². The summed E-state index contributed by atoms with van der Waals surface area (Å²) >= 11 is 0. The first-order chi connectivity index (χ1) is 10.6. The van der Waals surface area contributed by atoms with Crippen molar-refractivity contribution in [2.24, 2.45) is 7.05 Å². The summed E-state index contributed by atoms with van der Waals surface area (Å²) in [6.45, 7) is 1.56. The van der Waals surface area contributed by atoms with Gasteiger partial charge in [0.2, 0.25) is 0 Å². The molecule has 22 heavy (non-hydrogen) atoms. The number of halogens is 1. The van der Waals surface area contributed by atoms with Gasteiger partial charge < -0.3 is 9.47 Å². The van der Waals surface area contributed by atoms with Crippen LogP contribution in [0.5, 0.6) is 5.75 Å². The number of pyridine rings is 1. The molecule has 3 rings (SSSR count). The van der Waals surface area contributed by atoms with Crippen molar-refractivity contribution in [3.63, 3.8) is 0 Å². The Morgan fingerprint density at radius 2 is 2.32 bits per heavy atom. The van der Waals surface area contributed by atoms with Crippen molar-refractivity contribution >= 4 is 0 Å². The summed E-state index contributed by atoms with van der Waals surface area (Å²) in [5.74, 6) is 0.421. The van der Waals surface area contributed by atoms with E-state index in [9.17, 15) is 4.39 Å². The van der Waals surface area contributed by atoms with Crippen LogP contribution in [0.25, 0.3) is 0 Å². The van der Waals surface area contributed by atoms with Gasteiger partial charge in [-0.25, -0.2) is 4.39 Å². The van der Waals surface area contributed by atoms with E-state index in [1.807, 2.05) is 25.2 Å². The Labute approximate surface area is 128 Å². The van der Waals surface area contributed by atoms with Crippen LogP contribution in [0, 0.1) is 5.82 Å². The maximum Gasteiger partial charge on any atom is 0.157 e. The molecule has 1 fully saturated rings. The molecule has 0 radical (unpaired) electrons. The molecule has 1 aliphatic rings. The van der Waals surface area contributed by atoms with Gasteiger partial charge in [0.1, 0.15) is 11.9 Å². The average molecular weight is 306 g/mol. The van der Waals surface area contributed by atoms with Crippen molar-refractivity contribution in [3.8, 4) is 5.75 Å². The number of hydrogen-bond acceptors (Lipinski definition) is 5. The van der Waals surface area contributed by atoms with Crippen LogP contribution in [0.3, 0.4) is 0 Å². The zero-order valence-electron chi connectivity index (χ0n) is 12.6. The summed E-state index contributed by atoms with van der Waals surface area (Å²) in [4.78, 5) is 5.82. The van der Waals surface area contributed by atoms with E-state index in [2.05, 4.69) is 10.1 Å². The summed E-state index contributed by atoms with van der Waals surface area (Å²) in [5.41, 5.74) is 0.615. The Bertz CT molecular complexity index is 634. The van der Waals surface area contributed by atoms with Crippen LogP contribution >= 0.6 is 0 Å². The highest BCUT2D eigenvalue weighted by Crippen LogP contribution is 2.21. The van der Waals surface area contributed by atoms with Gasteiger partial charge in [-0.15, -0.1) is 0 Å². The molecule has 0 aliphatic carbocycles. The first kappa shape index (κ1) is 14.9. The number of likely N-dealkylation sites (N-methyl/N-ethyl adjacent to an activating group) is 1. The molecule has 0 amide bonds. The molecular formula is C15H19FN4O2. The predicted molar refractivity (Wildman–Crippen MR) is 77.9 cm³/mol. The highest BCUT2D eigenvalue weighted by atomic mass is 19.1. The first-order valence-electron chi connectivity index (χ1n) is 7.15. The van der Waals surface area contributed by atoms with E-state index >= 15 is 0 Å². The lowest BCUT2D eigenvalue weighted by Crippen LogP contribution is -2.43. The second kappa shape index (κ2) is 6.41. The molecule has 2 aromatic rings. The molecule has 3 heterocycles. The van der Waals surface area contributed by atoms with Gasteiger partial charge in [0, 0.05) is 25.4 Å². The van der Waals surface area contributed by atoms with Crippen molar-refractivity contribution in [2.45, 2.75) is 18.7 Å². The second-order valence-corrected chi connectivity index (χ2v) is 5.49. The fourth-order valence-electron chi connectivity index (χ4n) is 2.60. The molecule has 0 unspecified atom stereocenters. The van der Waals surface area contributed by atoms with Crippen LogP contribution in [0.2, 0.25) is 0 Å². The van der Waals surface area contributed by atoms with Crippen LogP contribution in [-0.4, -0.2) is 52.1 Å². The highest BCUT2D eigenvalue weighted by molar-refractivity contribution is 5.14. The number of hydrogen-bond donors (Lipinski definition) is 0. The molecule has 0 saturated carbocycles.